The Labute approximate surface area is 105 Å². The second-order valence-corrected chi connectivity index (χ2v) is 4.48. The molecular formula is C12H13ClFN3. The molecular weight excluding hydrogens is 241 g/mol. The summed E-state index contributed by atoms with van der Waals surface area (Å²) < 4.78 is 13.0. The molecule has 1 fully saturated rings. The molecule has 1 aromatic rings. The van der Waals surface area contributed by atoms with E-state index in [4.69, 9.17) is 16.9 Å². The third kappa shape index (κ3) is 2.87. The van der Waals surface area contributed by atoms with Crippen LogP contribution in [0.15, 0.2) is 18.2 Å². The van der Waals surface area contributed by atoms with E-state index in [1.54, 1.807) is 12.1 Å². The van der Waals surface area contributed by atoms with Crippen LogP contribution in [0.3, 0.4) is 0 Å². The van der Waals surface area contributed by atoms with Gasteiger partial charge in [-0.2, -0.15) is 5.26 Å². The Hall–Kier alpha value is -1.31. The standard InChI is InChI=1S/C12H13ClFN3/c13-11-7-10(1-2-12(11)14)17-6-3-9(8-17)16-5-4-15/h1-2,7,9,16H,3,5-6,8H2. The first-order valence-corrected chi connectivity index (χ1v) is 5.89. The van der Waals surface area contributed by atoms with Crippen molar-refractivity contribution in [2.75, 3.05) is 24.5 Å². The highest BCUT2D eigenvalue weighted by Gasteiger charge is 2.22. The molecule has 17 heavy (non-hydrogen) atoms. The van der Waals surface area contributed by atoms with Crippen LogP contribution >= 0.6 is 11.6 Å². The highest BCUT2D eigenvalue weighted by Crippen LogP contribution is 2.25. The van der Waals surface area contributed by atoms with E-state index in [0.29, 0.717) is 12.6 Å². The number of rotatable bonds is 3. The molecule has 0 spiro atoms. The number of hydrogen-bond donors (Lipinski definition) is 1. The summed E-state index contributed by atoms with van der Waals surface area (Å²) in [5.41, 5.74) is 0.928. The molecule has 1 aromatic carbocycles. The fourth-order valence-electron chi connectivity index (χ4n) is 2.03. The SMILES string of the molecule is N#CCNC1CCN(c2ccc(F)c(Cl)c2)C1. The summed E-state index contributed by atoms with van der Waals surface area (Å²) in [5.74, 6) is -0.395. The maximum absolute atomic E-state index is 13.0. The summed E-state index contributed by atoms with van der Waals surface area (Å²) in [6, 6.07) is 7.14. The average molecular weight is 254 g/mol. The largest absolute Gasteiger partial charge is 0.370 e. The molecule has 0 aromatic heterocycles. The van der Waals surface area contributed by atoms with Crippen molar-refractivity contribution in [1.82, 2.24) is 5.32 Å². The van der Waals surface area contributed by atoms with Crippen molar-refractivity contribution in [2.24, 2.45) is 0 Å². The Kier molecular flexibility index (Phi) is 3.82. The van der Waals surface area contributed by atoms with Gasteiger partial charge in [0, 0.05) is 24.8 Å². The molecule has 3 nitrogen and oxygen atoms in total. The first kappa shape index (κ1) is 12.2. The van der Waals surface area contributed by atoms with Gasteiger partial charge in [-0.1, -0.05) is 11.6 Å². The molecule has 0 bridgehead atoms. The number of halogens is 2. The maximum atomic E-state index is 13.0. The van der Waals surface area contributed by atoms with Crippen molar-refractivity contribution in [3.63, 3.8) is 0 Å². The van der Waals surface area contributed by atoms with E-state index in [9.17, 15) is 4.39 Å². The zero-order valence-electron chi connectivity index (χ0n) is 9.29. The lowest BCUT2D eigenvalue weighted by atomic mass is 10.2. The molecule has 0 saturated carbocycles. The van der Waals surface area contributed by atoms with Gasteiger partial charge in [0.05, 0.1) is 17.6 Å². The minimum Gasteiger partial charge on any atom is -0.370 e. The van der Waals surface area contributed by atoms with Crippen LogP contribution in [0.1, 0.15) is 6.42 Å². The van der Waals surface area contributed by atoms with E-state index >= 15 is 0 Å². The van der Waals surface area contributed by atoms with Crippen LogP contribution in [-0.4, -0.2) is 25.7 Å². The van der Waals surface area contributed by atoms with Crippen LogP contribution in [0, 0.1) is 17.1 Å². The normalized spacial score (nSPS) is 19.4. The van der Waals surface area contributed by atoms with Crippen LogP contribution in [0.25, 0.3) is 0 Å². The van der Waals surface area contributed by atoms with Crippen LogP contribution < -0.4 is 10.2 Å². The zero-order valence-corrected chi connectivity index (χ0v) is 10.0. The molecule has 0 aliphatic carbocycles. The highest BCUT2D eigenvalue weighted by atomic mass is 35.5. The third-order valence-electron chi connectivity index (χ3n) is 2.93. The summed E-state index contributed by atoms with van der Waals surface area (Å²) in [5, 5.41) is 11.8. The predicted molar refractivity (Wildman–Crippen MR) is 65.6 cm³/mol. The molecule has 1 N–H and O–H groups in total. The lowest BCUT2D eigenvalue weighted by Crippen LogP contribution is -2.32. The van der Waals surface area contributed by atoms with E-state index in [1.165, 1.54) is 6.07 Å². The smallest absolute Gasteiger partial charge is 0.141 e. The van der Waals surface area contributed by atoms with Gasteiger partial charge >= 0.3 is 0 Å². The lowest BCUT2D eigenvalue weighted by Gasteiger charge is -2.19. The molecule has 90 valence electrons. The minimum atomic E-state index is -0.395. The number of anilines is 1. The quantitative estimate of drug-likeness (QED) is 0.840. The molecule has 1 unspecified atom stereocenters. The molecule has 1 atom stereocenters. The number of hydrogen-bond acceptors (Lipinski definition) is 3. The van der Waals surface area contributed by atoms with Crippen LogP contribution in [0.4, 0.5) is 10.1 Å². The van der Waals surface area contributed by atoms with Crippen molar-refractivity contribution in [3.8, 4) is 6.07 Å². The van der Waals surface area contributed by atoms with Crippen LogP contribution in [0.5, 0.6) is 0 Å². The minimum absolute atomic E-state index is 0.149. The van der Waals surface area contributed by atoms with Crippen molar-refractivity contribution in [2.45, 2.75) is 12.5 Å². The van der Waals surface area contributed by atoms with Gasteiger partial charge in [-0.3, -0.25) is 5.32 Å². The summed E-state index contributed by atoms with van der Waals surface area (Å²) in [7, 11) is 0. The Morgan fingerprint density at radius 2 is 2.41 bits per heavy atom. The Bertz CT molecular complexity index is 444. The third-order valence-corrected chi connectivity index (χ3v) is 3.22. The second kappa shape index (κ2) is 5.35. The van der Waals surface area contributed by atoms with Crippen molar-refractivity contribution in [3.05, 3.63) is 29.0 Å². The summed E-state index contributed by atoms with van der Waals surface area (Å²) in [6.45, 7) is 2.08. The topological polar surface area (TPSA) is 39.1 Å². The fourth-order valence-corrected chi connectivity index (χ4v) is 2.21. The Balaban J connectivity index is 2.00. The molecule has 5 heteroatoms. The van der Waals surface area contributed by atoms with Gasteiger partial charge in [0.2, 0.25) is 0 Å². The van der Waals surface area contributed by atoms with Gasteiger partial charge in [0.25, 0.3) is 0 Å². The fraction of sp³-hybridized carbons (Fsp3) is 0.417. The molecule has 1 saturated heterocycles. The van der Waals surface area contributed by atoms with Crippen molar-refractivity contribution in [1.29, 1.82) is 5.26 Å². The van der Waals surface area contributed by atoms with E-state index in [-0.39, 0.29) is 5.02 Å². The van der Waals surface area contributed by atoms with Gasteiger partial charge in [0.15, 0.2) is 0 Å². The summed E-state index contributed by atoms with van der Waals surface area (Å²) in [6.07, 6.45) is 0.983. The first-order chi connectivity index (χ1) is 8.20. The maximum Gasteiger partial charge on any atom is 0.141 e. The van der Waals surface area contributed by atoms with Gasteiger partial charge in [-0.25, -0.2) is 4.39 Å². The number of nitrogens with zero attached hydrogens (tertiary/aromatic N) is 2. The van der Waals surface area contributed by atoms with Gasteiger partial charge in [0.1, 0.15) is 5.82 Å². The number of nitriles is 1. The highest BCUT2D eigenvalue weighted by molar-refractivity contribution is 6.31. The summed E-state index contributed by atoms with van der Waals surface area (Å²) in [4.78, 5) is 2.14. The molecule has 0 amide bonds. The Morgan fingerprint density at radius 3 is 3.12 bits per heavy atom. The number of benzene rings is 1. The van der Waals surface area contributed by atoms with Crippen LogP contribution in [-0.2, 0) is 0 Å². The van der Waals surface area contributed by atoms with Gasteiger partial charge in [-0.15, -0.1) is 0 Å². The van der Waals surface area contributed by atoms with Crippen molar-refractivity contribution < 1.29 is 4.39 Å². The monoisotopic (exact) mass is 253 g/mol. The average Bonchev–Trinajstić information content (AvgIpc) is 2.79. The predicted octanol–water partition coefficient (Wildman–Crippen LogP) is 2.17. The molecule has 1 heterocycles. The molecule has 1 aliphatic rings. The molecule has 1 aliphatic heterocycles. The van der Waals surface area contributed by atoms with E-state index < -0.39 is 5.82 Å². The lowest BCUT2D eigenvalue weighted by molar-refractivity contribution is 0.591. The van der Waals surface area contributed by atoms with Gasteiger partial charge < -0.3 is 4.90 Å². The molecule has 0 radical (unpaired) electrons. The van der Waals surface area contributed by atoms with Gasteiger partial charge in [-0.05, 0) is 24.6 Å². The number of nitrogens with one attached hydrogen (secondary N) is 1. The second-order valence-electron chi connectivity index (χ2n) is 4.07. The van der Waals surface area contributed by atoms with Crippen molar-refractivity contribution >= 4 is 17.3 Å². The zero-order chi connectivity index (χ0) is 12.3. The first-order valence-electron chi connectivity index (χ1n) is 5.51. The molecule has 2 rings (SSSR count). The Morgan fingerprint density at radius 1 is 1.59 bits per heavy atom. The van der Waals surface area contributed by atoms with Crippen LogP contribution in [0.2, 0.25) is 5.02 Å². The summed E-state index contributed by atoms with van der Waals surface area (Å²) >= 11 is 5.75. The van der Waals surface area contributed by atoms with E-state index in [0.717, 1.165) is 25.2 Å². The van der Waals surface area contributed by atoms with E-state index in [2.05, 4.69) is 16.3 Å². The van der Waals surface area contributed by atoms with E-state index in [1.807, 2.05) is 0 Å².